The van der Waals surface area contributed by atoms with E-state index in [9.17, 15) is 25.5 Å². The highest BCUT2D eigenvalue weighted by molar-refractivity contribution is 5.58. The smallest absolute Gasteiger partial charge is 0.235 e. The highest BCUT2D eigenvalue weighted by Gasteiger charge is 2.41. The molecule has 1 aliphatic rings. The minimum Gasteiger partial charge on any atom is -0.507 e. The van der Waals surface area contributed by atoms with E-state index in [4.69, 9.17) is 19.7 Å². The maximum absolute atomic E-state index is 11.9. The van der Waals surface area contributed by atoms with E-state index in [0.29, 0.717) is 38.1 Å². The number of phenolic OH excluding ortho intramolecular Hbond substituents is 3. The summed E-state index contributed by atoms with van der Waals surface area (Å²) in [6.07, 6.45) is 0. The maximum atomic E-state index is 11.9. The molecule has 0 spiro atoms. The fraction of sp³-hybridized carbons (Fsp3) is 0.578. The molecular weight excluding hydrogens is 949 g/mol. The molecule has 416 valence electrons. The van der Waals surface area contributed by atoms with Gasteiger partial charge in [-0.25, -0.2) is 0 Å². The summed E-state index contributed by atoms with van der Waals surface area (Å²) in [6, 6.07) is 16.9. The van der Waals surface area contributed by atoms with Crippen LogP contribution in [-0.2, 0) is 69.7 Å². The highest BCUT2D eigenvalue weighted by Crippen LogP contribution is 2.51. The predicted octanol–water partition coefficient (Wildman–Crippen LogP) is 13.8. The van der Waals surface area contributed by atoms with Gasteiger partial charge >= 0.3 is 0 Å². The normalized spacial score (nSPS) is 14.3. The van der Waals surface area contributed by atoms with E-state index in [0.717, 1.165) is 72.5 Å². The van der Waals surface area contributed by atoms with Crippen molar-refractivity contribution >= 4 is 17.8 Å². The van der Waals surface area contributed by atoms with Gasteiger partial charge in [0.05, 0.1) is 0 Å². The quantitative estimate of drug-likeness (QED) is 0.0712. The summed E-state index contributed by atoms with van der Waals surface area (Å²) in [5, 5.41) is 57.5. The van der Waals surface area contributed by atoms with Gasteiger partial charge in [0.15, 0.2) is 0 Å². The summed E-state index contributed by atoms with van der Waals surface area (Å²) in [6.45, 7) is 48.8. The van der Waals surface area contributed by atoms with Crippen molar-refractivity contribution in [3.63, 3.8) is 0 Å². The molecule has 12 nitrogen and oxygen atoms in total. The molecule has 4 aromatic carbocycles. The Morgan fingerprint density at radius 1 is 0.368 bits per heavy atom. The Morgan fingerprint density at radius 3 is 0.816 bits per heavy atom. The van der Waals surface area contributed by atoms with Gasteiger partial charge in [0.1, 0.15) is 42.1 Å². The van der Waals surface area contributed by atoms with Crippen LogP contribution in [0.2, 0.25) is 0 Å². The lowest BCUT2D eigenvalue weighted by Gasteiger charge is -2.43. The van der Waals surface area contributed by atoms with Crippen LogP contribution in [0.1, 0.15) is 226 Å². The molecule has 0 aliphatic carbocycles. The van der Waals surface area contributed by atoms with Crippen molar-refractivity contribution in [3.05, 3.63) is 115 Å². The van der Waals surface area contributed by atoms with Gasteiger partial charge in [0.25, 0.3) is 0 Å². The van der Waals surface area contributed by atoms with Crippen molar-refractivity contribution in [1.82, 2.24) is 15.0 Å². The fourth-order valence-corrected chi connectivity index (χ4v) is 10.2. The molecule has 2 heterocycles. The molecule has 0 atom stereocenters. The lowest BCUT2D eigenvalue weighted by Crippen LogP contribution is -2.38. The molecule has 12 heteroatoms. The molecule has 0 saturated carbocycles. The largest absolute Gasteiger partial charge is 0.507 e. The summed E-state index contributed by atoms with van der Waals surface area (Å²) >= 11 is 0. The second kappa shape index (κ2) is 20.3. The number of anilines is 3. The van der Waals surface area contributed by atoms with E-state index in [-0.39, 0.29) is 28.6 Å². The molecule has 0 unspecified atom stereocenters. The third kappa shape index (κ3) is 12.9. The number of fused-ring (bicyclic) bond motifs is 1. The Balaban J connectivity index is 1.71. The van der Waals surface area contributed by atoms with Crippen LogP contribution in [0.25, 0.3) is 0 Å². The van der Waals surface area contributed by atoms with Crippen LogP contribution in [0.5, 0.6) is 23.0 Å². The van der Waals surface area contributed by atoms with Crippen LogP contribution in [0, 0.1) is 0 Å². The number of aliphatic hydroxyl groups is 2. The van der Waals surface area contributed by atoms with Crippen LogP contribution < -0.4 is 19.4 Å². The first kappa shape index (κ1) is 59.7. The lowest BCUT2D eigenvalue weighted by molar-refractivity contribution is 0.0483. The maximum Gasteiger partial charge on any atom is 0.235 e. The van der Waals surface area contributed by atoms with Crippen LogP contribution >= 0.6 is 0 Å². The predicted molar refractivity (Wildman–Crippen MR) is 312 cm³/mol. The number of benzene rings is 4. The molecule has 0 radical (unpaired) electrons. The van der Waals surface area contributed by atoms with Gasteiger partial charge in [-0.05, 0) is 156 Å². The minimum absolute atomic E-state index is 0.0754. The minimum atomic E-state index is -0.570. The number of ether oxygens (including phenoxy) is 1. The molecule has 1 aromatic heterocycles. The zero-order valence-electron chi connectivity index (χ0n) is 50.7. The zero-order valence-corrected chi connectivity index (χ0v) is 50.7. The topological polar surface area (TPSA) is 159 Å². The summed E-state index contributed by atoms with van der Waals surface area (Å²) in [7, 11) is 0. The van der Waals surface area contributed by atoms with Gasteiger partial charge < -0.3 is 40.1 Å². The Labute approximate surface area is 456 Å². The second-order valence-electron chi connectivity index (χ2n) is 29.3. The van der Waals surface area contributed by atoms with E-state index in [1.165, 1.54) is 4.90 Å². The monoisotopic (exact) mass is 1040 g/mol. The van der Waals surface area contributed by atoms with Crippen molar-refractivity contribution in [1.29, 1.82) is 0 Å². The van der Waals surface area contributed by atoms with Crippen molar-refractivity contribution < 1.29 is 30.3 Å². The molecule has 0 saturated heterocycles. The first-order valence-corrected chi connectivity index (χ1v) is 27.2. The summed E-state index contributed by atoms with van der Waals surface area (Å²) in [5.74, 6) is 2.43. The third-order valence-corrected chi connectivity index (χ3v) is 14.6. The number of rotatable bonds is 13. The summed E-state index contributed by atoms with van der Waals surface area (Å²) in [5.41, 5.74) is 7.86. The average molecular weight is 1040 g/mol. The van der Waals surface area contributed by atoms with Gasteiger partial charge in [-0.15, -0.1) is 0 Å². The highest BCUT2D eigenvalue weighted by atomic mass is 16.5. The molecule has 5 aromatic rings. The van der Waals surface area contributed by atoms with E-state index in [2.05, 4.69) is 218 Å². The van der Waals surface area contributed by atoms with E-state index in [1.807, 2.05) is 0 Å². The van der Waals surface area contributed by atoms with Gasteiger partial charge in [0.2, 0.25) is 17.8 Å². The Hall–Kier alpha value is -5.59. The SMILES string of the molecule is CC(C)(C)c1cc(CN(Cc2cc(C(C)(C)C)c(O)c(C(C)(C)C)c2)c2nc(N(CO)CO)nc(N(Cc3cc(C(C)(C)C)c(O)c(C(C)(C)C)c3)Cc3cc(C(C)(C)C)c4c(c3)C(C)(C)O4)n2)cc(C(C)(C)C)c1O. The lowest BCUT2D eigenvalue weighted by atomic mass is 9.78. The van der Waals surface area contributed by atoms with Crippen molar-refractivity contribution in [3.8, 4) is 23.0 Å². The number of aromatic hydroxyl groups is 3. The standard InChI is InChI=1S/C64H94N6O6/c1-57(2,3)42-24-38(25-43(50(42)73)58(4,5)6)32-68(33-39-26-44(59(7,8)9)51(74)45(27-39)60(10,11)12)54-65-55(67-56(66-54)70(36-71)37-72)69(34-40-28-46(61(13,14)15)52(75)47(29-40)62(16,17)18)35-41-30-48(63(19,20)21)53-49(31-41)64(22,23)76-53/h24-31,71-75H,32-37H2,1-23H3. The van der Waals surface area contributed by atoms with Crippen LogP contribution in [0.3, 0.4) is 0 Å². The molecule has 6 rings (SSSR count). The molecular formula is C64H94N6O6. The number of hydrogen-bond donors (Lipinski definition) is 5. The molecule has 0 bridgehead atoms. The summed E-state index contributed by atoms with van der Waals surface area (Å²) < 4.78 is 6.44. The van der Waals surface area contributed by atoms with Crippen molar-refractivity contribution in [2.24, 2.45) is 0 Å². The number of nitrogens with zero attached hydrogens (tertiary/aromatic N) is 6. The van der Waals surface area contributed by atoms with Crippen molar-refractivity contribution in [2.75, 3.05) is 28.2 Å². The molecule has 0 amide bonds. The average Bonchev–Trinajstić information content (AvgIpc) is 3.25. The van der Waals surface area contributed by atoms with Crippen LogP contribution in [0.15, 0.2) is 48.5 Å². The zero-order chi connectivity index (χ0) is 57.4. The van der Waals surface area contributed by atoms with Crippen LogP contribution in [-0.4, -0.2) is 53.9 Å². The molecule has 0 fully saturated rings. The summed E-state index contributed by atoms with van der Waals surface area (Å²) in [4.78, 5) is 21.2. The first-order chi connectivity index (χ1) is 34.4. The van der Waals surface area contributed by atoms with E-state index >= 15 is 0 Å². The Bertz CT molecular complexity index is 2750. The van der Waals surface area contributed by atoms with E-state index < -0.39 is 51.6 Å². The van der Waals surface area contributed by atoms with Gasteiger partial charge in [-0.3, -0.25) is 4.90 Å². The number of aromatic nitrogens is 3. The Kier molecular flexibility index (Phi) is 16.0. The van der Waals surface area contributed by atoms with Gasteiger partial charge in [-0.1, -0.05) is 145 Å². The van der Waals surface area contributed by atoms with Crippen LogP contribution in [0.4, 0.5) is 17.8 Å². The van der Waals surface area contributed by atoms with E-state index in [1.54, 1.807) is 0 Å². The fourth-order valence-electron chi connectivity index (χ4n) is 10.2. The Morgan fingerprint density at radius 2 is 0.592 bits per heavy atom. The number of aliphatic hydroxyl groups excluding tert-OH is 2. The number of phenols is 3. The van der Waals surface area contributed by atoms with Gasteiger partial charge in [-0.2, -0.15) is 15.0 Å². The second-order valence-corrected chi connectivity index (χ2v) is 29.3. The number of hydrogen-bond acceptors (Lipinski definition) is 12. The van der Waals surface area contributed by atoms with Gasteiger partial charge in [0, 0.05) is 37.3 Å². The third-order valence-electron chi connectivity index (χ3n) is 14.6. The van der Waals surface area contributed by atoms with Crippen molar-refractivity contribution in [2.45, 2.75) is 229 Å². The molecule has 1 aliphatic heterocycles. The first-order valence-electron chi connectivity index (χ1n) is 27.2. The molecule has 5 N–H and O–H groups in total. The molecule has 76 heavy (non-hydrogen) atoms.